The fraction of sp³-hybridized carbons (Fsp3) is 1.00. The predicted molar refractivity (Wildman–Crippen MR) is 67.6 cm³/mol. The molecule has 0 aliphatic heterocycles. The second kappa shape index (κ2) is 11.3. The molecule has 0 rings (SSSR count). The average Bonchev–Trinajstić information content (AvgIpc) is 2.20. The van der Waals surface area contributed by atoms with Crippen molar-refractivity contribution < 1.29 is 4.43 Å². The van der Waals surface area contributed by atoms with Gasteiger partial charge < -0.3 is 4.43 Å². The fourth-order valence-electron chi connectivity index (χ4n) is 1.67. The lowest BCUT2D eigenvalue weighted by Crippen LogP contribution is -2.15. The first-order chi connectivity index (χ1) is 6.85. The summed E-state index contributed by atoms with van der Waals surface area (Å²) in [6.07, 6.45) is 9.79. The zero-order valence-corrected chi connectivity index (χ0v) is 11.8. The fourth-order valence-corrected chi connectivity index (χ4v) is 3.20. The molecule has 1 nitrogen and oxygen atoms in total. The summed E-state index contributed by atoms with van der Waals surface area (Å²) < 4.78 is 6.03. The lowest BCUT2D eigenvalue weighted by atomic mass is 10.1. The Bertz CT molecular complexity index is 106. The predicted octanol–water partition coefficient (Wildman–Crippen LogP) is 3.66. The van der Waals surface area contributed by atoms with Crippen molar-refractivity contribution in [3.05, 3.63) is 0 Å². The summed E-state index contributed by atoms with van der Waals surface area (Å²) in [5.41, 5.74) is 0. The smallest absolute Gasteiger partial charge is 0.161 e. The minimum absolute atomic E-state index is 0.195. The second-order valence-corrected chi connectivity index (χ2v) is 5.58. The van der Waals surface area contributed by atoms with Crippen molar-refractivity contribution in [3.8, 4) is 0 Å². The Kier molecular flexibility index (Phi) is 11.4. The first-order valence-electron chi connectivity index (χ1n) is 6.46. The highest BCUT2D eigenvalue weighted by Gasteiger charge is 2.06. The van der Waals surface area contributed by atoms with E-state index in [2.05, 4.69) is 20.8 Å². The highest BCUT2D eigenvalue weighted by Crippen LogP contribution is 2.11. The number of hydrogen-bond acceptors (Lipinski definition) is 1. The quantitative estimate of drug-likeness (QED) is 0.400. The molecule has 0 N–H and O–H groups in total. The van der Waals surface area contributed by atoms with Gasteiger partial charge in [-0.2, -0.15) is 0 Å². The van der Waals surface area contributed by atoms with Gasteiger partial charge in [0.15, 0.2) is 9.76 Å². The van der Waals surface area contributed by atoms with Gasteiger partial charge in [-0.3, -0.25) is 0 Å². The maximum atomic E-state index is 6.03. The van der Waals surface area contributed by atoms with E-state index in [1.165, 1.54) is 51.0 Å². The van der Waals surface area contributed by atoms with Gasteiger partial charge in [0.2, 0.25) is 0 Å². The van der Waals surface area contributed by atoms with Crippen LogP contribution in [0.15, 0.2) is 0 Å². The Hall–Kier alpha value is 0.177. The lowest BCUT2D eigenvalue weighted by molar-refractivity contribution is 0.184. The minimum atomic E-state index is -0.195. The summed E-state index contributed by atoms with van der Waals surface area (Å²) in [7, 11) is -0.195. The van der Waals surface area contributed by atoms with Crippen LogP contribution in [0.4, 0.5) is 0 Å². The summed E-state index contributed by atoms with van der Waals surface area (Å²) in [4.78, 5) is 0. The highest BCUT2D eigenvalue weighted by molar-refractivity contribution is 6.27. The molecule has 0 aromatic heterocycles. The van der Waals surface area contributed by atoms with E-state index in [1.807, 2.05) is 0 Å². The van der Waals surface area contributed by atoms with Gasteiger partial charge in [-0.15, -0.1) is 0 Å². The van der Waals surface area contributed by atoms with E-state index in [9.17, 15) is 0 Å². The van der Waals surface area contributed by atoms with Crippen molar-refractivity contribution in [2.45, 2.75) is 77.9 Å². The van der Waals surface area contributed by atoms with Gasteiger partial charge in [0.25, 0.3) is 0 Å². The molecule has 86 valence electrons. The zero-order valence-electron chi connectivity index (χ0n) is 10.3. The van der Waals surface area contributed by atoms with Crippen LogP contribution in [0.2, 0.25) is 6.04 Å². The average molecular weight is 216 g/mol. The Morgan fingerprint density at radius 1 is 0.929 bits per heavy atom. The second-order valence-electron chi connectivity index (χ2n) is 4.13. The summed E-state index contributed by atoms with van der Waals surface area (Å²) >= 11 is 0. The van der Waals surface area contributed by atoms with Crippen molar-refractivity contribution in [2.75, 3.05) is 0 Å². The van der Waals surface area contributed by atoms with Crippen LogP contribution in [-0.4, -0.2) is 15.9 Å². The van der Waals surface area contributed by atoms with Gasteiger partial charge in [0, 0.05) is 6.10 Å². The molecule has 0 radical (unpaired) electrons. The Morgan fingerprint density at radius 3 is 2.21 bits per heavy atom. The summed E-state index contributed by atoms with van der Waals surface area (Å²) in [6.45, 7) is 6.78. The molecule has 0 spiro atoms. The molecule has 0 aliphatic rings. The normalized spacial score (nSPS) is 13.9. The zero-order chi connectivity index (χ0) is 10.6. The van der Waals surface area contributed by atoms with Crippen molar-refractivity contribution >= 4 is 9.76 Å². The van der Waals surface area contributed by atoms with E-state index in [1.54, 1.807) is 0 Å². The molecule has 0 aromatic rings. The van der Waals surface area contributed by atoms with Crippen LogP contribution in [0.25, 0.3) is 0 Å². The van der Waals surface area contributed by atoms with E-state index in [0.717, 1.165) is 0 Å². The Balaban J connectivity index is 3.40. The molecule has 0 aromatic carbocycles. The van der Waals surface area contributed by atoms with E-state index >= 15 is 0 Å². The molecule has 0 bridgehead atoms. The van der Waals surface area contributed by atoms with Gasteiger partial charge in [0.05, 0.1) is 0 Å². The van der Waals surface area contributed by atoms with Gasteiger partial charge >= 0.3 is 0 Å². The van der Waals surface area contributed by atoms with Gasteiger partial charge in [0.1, 0.15) is 0 Å². The van der Waals surface area contributed by atoms with E-state index < -0.39 is 0 Å². The standard InChI is InChI=1S/C12H28OSi/c1-4-7-10-12(9-6-3)13-14-11-8-5-2/h12H,4-11,14H2,1-3H3. The molecular weight excluding hydrogens is 188 g/mol. The van der Waals surface area contributed by atoms with Crippen molar-refractivity contribution in [2.24, 2.45) is 0 Å². The number of rotatable bonds is 10. The number of unbranched alkanes of at least 4 members (excludes halogenated alkanes) is 2. The molecule has 0 saturated carbocycles. The molecule has 0 saturated heterocycles. The van der Waals surface area contributed by atoms with Crippen LogP contribution in [0.3, 0.4) is 0 Å². The summed E-state index contributed by atoms with van der Waals surface area (Å²) in [5, 5.41) is 0. The van der Waals surface area contributed by atoms with E-state index in [-0.39, 0.29) is 9.76 Å². The highest BCUT2D eigenvalue weighted by atomic mass is 28.2. The van der Waals surface area contributed by atoms with Crippen LogP contribution >= 0.6 is 0 Å². The topological polar surface area (TPSA) is 9.23 Å². The lowest BCUT2D eigenvalue weighted by Gasteiger charge is -2.17. The van der Waals surface area contributed by atoms with Gasteiger partial charge in [-0.1, -0.05) is 52.9 Å². The molecule has 0 heterocycles. The van der Waals surface area contributed by atoms with E-state index in [4.69, 9.17) is 4.43 Å². The monoisotopic (exact) mass is 216 g/mol. The first-order valence-corrected chi connectivity index (χ1v) is 8.04. The van der Waals surface area contributed by atoms with Crippen molar-refractivity contribution in [3.63, 3.8) is 0 Å². The van der Waals surface area contributed by atoms with Crippen molar-refractivity contribution in [1.82, 2.24) is 0 Å². The third kappa shape index (κ3) is 8.76. The molecule has 1 atom stereocenters. The van der Waals surface area contributed by atoms with Crippen molar-refractivity contribution in [1.29, 1.82) is 0 Å². The molecule has 0 aliphatic carbocycles. The summed E-state index contributed by atoms with van der Waals surface area (Å²) in [5.74, 6) is 0. The van der Waals surface area contributed by atoms with E-state index in [0.29, 0.717) is 6.10 Å². The third-order valence-corrected chi connectivity index (χ3v) is 4.09. The third-order valence-electron chi connectivity index (χ3n) is 2.59. The Labute approximate surface area is 92.6 Å². The molecule has 14 heavy (non-hydrogen) atoms. The molecular formula is C12H28OSi. The molecule has 2 heteroatoms. The SMILES string of the molecule is CCCC[SiH2]OC(CCC)CCCC. The maximum Gasteiger partial charge on any atom is 0.161 e. The van der Waals surface area contributed by atoms with Crippen LogP contribution in [-0.2, 0) is 4.43 Å². The largest absolute Gasteiger partial charge is 0.421 e. The van der Waals surface area contributed by atoms with Gasteiger partial charge in [-0.25, -0.2) is 0 Å². The molecule has 0 fully saturated rings. The first kappa shape index (κ1) is 14.2. The number of hydrogen-bond donors (Lipinski definition) is 0. The van der Waals surface area contributed by atoms with Crippen LogP contribution < -0.4 is 0 Å². The van der Waals surface area contributed by atoms with Crippen LogP contribution in [0, 0.1) is 0 Å². The van der Waals surface area contributed by atoms with Crippen LogP contribution in [0.1, 0.15) is 65.7 Å². The minimum Gasteiger partial charge on any atom is -0.421 e. The molecule has 0 amide bonds. The van der Waals surface area contributed by atoms with Crippen LogP contribution in [0.5, 0.6) is 0 Å². The Morgan fingerprint density at radius 2 is 1.64 bits per heavy atom. The molecule has 1 unspecified atom stereocenters. The van der Waals surface area contributed by atoms with Gasteiger partial charge in [-0.05, 0) is 18.9 Å². The summed E-state index contributed by atoms with van der Waals surface area (Å²) in [6, 6.07) is 1.38. The maximum absolute atomic E-state index is 6.03.